The number of methoxy groups -OCH3 is 1. The Morgan fingerprint density at radius 3 is 2.83 bits per heavy atom. The molecule has 0 saturated heterocycles. The number of ether oxygens (including phenoxy) is 1. The lowest BCUT2D eigenvalue weighted by Crippen LogP contribution is -2.15. The van der Waals surface area contributed by atoms with Crippen molar-refractivity contribution in [2.75, 3.05) is 13.7 Å². The molecule has 0 aliphatic heterocycles. The maximum atomic E-state index is 12.5. The molecule has 98 valence electrons. The summed E-state index contributed by atoms with van der Waals surface area (Å²) in [7, 11) is 1.67. The Bertz CT molecular complexity index is 429. The molecule has 2 aliphatic carbocycles. The molecule has 0 N–H and O–H groups in total. The number of carbonyl (C=O) groups excluding carboxylic acids is 1. The fourth-order valence-corrected chi connectivity index (χ4v) is 3.45. The number of hydrogen-bond donors (Lipinski definition) is 0. The number of Topliss-reactive ketones (excluding diaryl/α,β-unsaturated/α-hetero) is 1. The summed E-state index contributed by atoms with van der Waals surface area (Å²) >= 11 is 0. The van der Waals surface area contributed by atoms with Gasteiger partial charge in [-0.05, 0) is 30.7 Å². The summed E-state index contributed by atoms with van der Waals surface area (Å²) in [5, 5.41) is 4.22. The van der Waals surface area contributed by atoms with Crippen molar-refractivity contribution in [3.05, 3.63) is 18.0 Å². The quantitative estimate of drug-likeness (QED) is 0.750. The molecule has 1 aromatic heterocycles. The summed E-state index contributed by atoms with van der Waals surface area (Å²) in [6.07, 6.45) is 6.80. The predicted molar refractivity (Wildman–Crippen MR) is 67.4 cm³/mol. The number of nitrogens with zero attached hydrogens (tertiary/aromatic N) is 2. The lowest BCUT2D eigenvalue weighted by Gasteiger charge is -2.05. The van der Waals surface area contributed by atoms with Gasteiger partial charge in [-0.25, -0.2) is 0 Å². The van der Waals surface area contributed by atoms with Crippen LogP contribution in [0.2, 0.25) is 0 Å². The van der Waals surface area contributed by atoms with Crippen LogP contribution in [0.4, 0.5) is 0 Å². The molecule has 2 saturated carbocycles. The number of ketones is 1. The minimum atomic E-state index is 0.283. The van der Waals surface area contributed by atoms with Gasteiger partial charge in [-0.3, -0.25) is 9.48 Å². The van der Waals surface area contributed by atoms with Gasteiger partial charge >= 0.3 is 0 Å². The lowest BCUT2D eigenvalue weighted by atomic mass is 10.0. The molecule has 1 aromatic rings. The van der Waals surface area contributed by atoms with Crippen molar-refractivity contribution in [3.63, 3.8) is 0 Å². The number of fused-ring (bicyclic) bond motifs is 1. The van der Waals surface area contributed by atoms with Gasteiger partial charge in [0.2, 0.25) is 0 Å². The van der Waals surface area contributed by atoms with Crippen LogP contribution in [0.15, 0.2) is 12.3 Å². The topological polar surface area (TPSA) is 44.1 Å². The summed E-state index contributed by atoms with van der Waals surface area (Å²) in [6.45, 7) is 1.26. The molecule has 18 heavy (non-hydrogen) atoms. The minimum Gasteiger partial charge on any atom is -0.383 e. The van der Waals surface area contributed by atoms with Gasteiger partial charge in [0.05, 0.1) is 13.2 Å². The molecule has 4 heteroatoms. The van der Waals surface area contributed by atoms with Crippen molar-refractivity contribution in [2.45, 2.75) is 32.2 Å². The maximum Gasteiger partial charge on any atom is 0.184 e. The van der Waals surface area contributed by atoms with E-state index in [2.05, 4.69) is 5.10 Å². The number of rotatable bonds is 5. The molecule has 1 heterocycles. The SMILES string of the molecule is COCCn1nccc1C(=O)C1C2CCCCC21. The smallest absolute Gasteiger partial charge is 0.184 e. The molecular weight excluding hydrogens is 228 g/mol. The lowest BCUT2D eigenvalue weighted by molar-refractivity contribution is 0.0942. The van der Waals surface area contributed by atoms with Crippen LogP contribution in [0.1, 0.15) is 36.2 Å². The van der Waals surface area contributed by atoms with Crippen LogP contribution in [0.3, 0.4) is 0 Å². The first kappa shape index (κ1) is 11.9. The zero-order valence-corrected chi connectivity index (χ0v) is 10.8. The van der Waals surface area contributed by atoms with E-state index in [9.17, 15) is 4.79 Å². The summed E-state index contributed by atoms with van der Waals surface area (Å²) in [5.41, 5.74) is 0.770. The van der Waals surface area contributed by atoms with Gasteiger partial charge in [0, 0.05) is 19.2 Å². The standard InChI is InChI=1S/C14H20N2O2/c1-18-9-8-16-12(6-7-15-16)14(17)13-10-4-2-3-5-11(10)13/h6-7,10-11,13H,2-5,8-9H2,1H3. The third-order valence-corrected chi connectivity index (χ3v) is 4.44. The van der Waals surface area contributed by atoms with Gasteiger partial charge in [0.15, 0.2) is 5.78 Å². The van der Waals surface area contributed by atoms with Crippen molar-refractivity contribution >= 4 is 5.78 Å². The highest BCUT2D eigenvalue weighted by Crippen LogP contribution is 2.56. The third-order valence-electron chi connectivity index (χ3n) is 4.44. The molecule has 2 unspecified atom stereocenters. The molecule has 2 atom stereocenters. The van der Waals surface area contributed by atoms with Gasteiger partial charge in [-0.2, -0.15) is 5.10 Å². The van der Waals surface area contributed by atoms with Crippen LogP contribution in [-0.2, 0) is 11.3 Å². The predicted octanol–water partition coefficient (Wildman–Crippen LogP) is 2.15. The molecule has 3 rings (SSSR count). The Balaban J connectivity index is 1.71. The highest BCUT2D eigenvalue weighted by Gasteiger charge is 2.55. The van der Waals surface area contributed by atoms with Crippen LogP contribution in [0.5, 0.6) is 0 Å². The molecular formula is C14H20N2O2. The Kier molecular flexibility index (Phi) is 3.20. The second-order valence-corrected chi connectivity index (χ2v) is 5.43. The molecule has 0 spiro atoms. The summed E-state index contributed by atoms with van der Waals surface area (Å²) in [6, 6.07) is 1.85. The highest BCUT2D eigenvalue weighted by atomic mass is 16.5. The van der Waals surface area contributed by atoms with E-state index in [1.807, 2.05) is 6.07 Å². The largest absolute Gasteiger partial charge is 0.383 e. The summed E-state index contributed by atoms with van der Waals surface area (Å²) < 4.78 is 6.84. The Hall–Kier alpha value is -1.16. The van der Waals surface area contributed by atoms with Crippen molar-refractivity contribution in [1.82, 2.24) is 9.78 Å². The van der Waals surface area contributed by atoms with E-state index in [0.29, 0.717) is 30.8 Å². The number of carbonyl (C=O) groups is 1. The Morgan fingerprint density at radius 1 is 1.44 bits per heavy atom. The molecule has 0 aromatic carbocycles. The zero-order valence-electron chi connectivity index (χ0n) is 10.8. The average molecular weight is 248 g/mol. The van der Waals surface area contributed by atoms with Crippen LogP contribution < -0.4 is 0 Å². The zero-order chi connectivity index (χ0) is 12.5. The van der Waals surface area contributed by atoms with Gasteiger partial charge < -0.3 is 4.74 Å². The number of aromatic nitrogens is 2. The Labute approximate surface area is 107 Å². The van der Waals surface area contributed by atoms with E-state index in [1.165, 1.54) is 25.7 Å². The molecule has 0 radical (unpaired) electrons. The first-order valence-electron chi connectivity index (χ1n) is 6.88. The second-order valence-electron chi connectivity index (χ2n) is 5.43. The van der Waals surface area contributed by atoms with E-state index >= 15 is 0 Å². The van der Waals surface area contributed by atoms with Crippen LogP contribution in [0, 0.1) is 17.8 Å². The summed E-state index contributed by atoms with van der Waals surface area (Å²) in [5.74, 6) is 1.92. The molecule has 4 nitrogen and oxygen atoms in total. The third kappa shape index (κ3) is 1.99. The summed E-state index contributed by atoms with van der Waals surface area (Å²) in [4.78, 5) is 12.5. The first-order valence-corrected chi connectivity index (χ1v) is 6.88. The van der Waals surface area contributed by atoms with E-state index < -0.39 is 0 Å². The second kappa shape index (κ2) is 4.84. The van der Waals surface area contributed by atoms with E-state index in [4.69, 9.17) is 4.74 Å². The molecule has 2 fully saturated rings. The van der Waals surface area contributed by atoms with E-state index in [-0.39, 0.29) is 5.92 Å². The normalized spacial score (nSPS) is 29.9. The average Bonchev–Trinajstić information content (AvgIpc) is 2.94. The van der Waals surface area contributed by atoms with Crippen molar-refractivity contribution in [1.29, 1.82) is 0 Å². The highest BCUT2D eigenvalue weighted by molar-refractivity contribution is 5.98. The van der Waals surface area contributed by atoms with Gasteiger partial charge in [-0.1, -0.05) is 12.8 Å². The molecule has 0 bridgehead atoms. The van der Waals surface area contributed by atoms with Crippen molar-refractivity contribution in [3.8, 4) is 0 Å². The van der Waals surface area contributed by atoms with E-state index in [0.717, 1.165) is 5.69 Å². The number of hydrogen-bond acceptors (Lipinski definition) is 3. The van der Waals surface area contributed by atoms with Crippen LogP contribution in [-0.4, -0.2) is 29.3 Å². The monoisotopic (exact) mass is 248 g/mol. The minimum absolute atomic E-state index is 0.283. The van der Waals surface area contributed by atoms with Gasteiger partial charge in [0.1, 0.15) is 5.69 Å². The molecule has 0 amide bonds. The maximum absolute atomic E-state index is 12.5. The van der Waals surface area contributed by atoms with Gasteiger partial charge in [-0.15, -0.1) is 0 Å². The van der Waals surface area contributed by atoms with Crippen molar-refractivity contribution in [2.24, 2.45) is 17.8 Å². The van der Waals surface area contributed by atoms with Gasteiger partial charge in [0.25, 0.3) is 0 Å². The Morgan fingerprint density at radius 2 is 2.17 bits per heavy atom. The molecule has 2 aliphatic rings. The van der Waals surface area contributed by atoms with Crippen LogP contribution >= 0.6 is 0 Å². The van der Waals surface area contributed by atoms with Crippen LogP contribution in [0.25, 0.3) is 0 Å². The van der Waals surface area contributed by atoms with E-state index in [1.54, 1.807) is 18.0 Å². The first-order chi connectivity index (χ1) is 8.83. The fourth-order valence-electron chi connectivity index (χ4n) is 3.45. The fraction of sp³-hybridized carbons (Fsp3) is 0.714. The van der Waals surface area contributed by atoms with Crippen molar-refractivity contribution < 1.29 is 9.53 Å².